The molecule has 0 spiro atoms. The van der Waals surface area contributed by atoms with E-state index in [1.807, 2.05) is 30.5 Å². The Morgan fingerprint density at radius 3 is 2.39 bits per heavy atom. The van der Waals surface area contributed by atoms with Crippen LogP contribution in [0, 0.1) is 0 Å². The maximum Gasteiger partial charge on any atom is 0.0637 e. The third-order valence-electron chi connectivity index (χ3n) is 4.22. The molecule has 2 aromatic rings. The van der Waals surface area contributed by atoms with E-state index in [1.54, 1.807) is 0 Å². The summed E-state index contributed by atoms with van der Waals surface area (Å²) in [6.07, 6.45) is 3.02. The zero-order valence-corrected chi connectivity index (χ0v) is 14.6. The van der Waals surface area contributed by atoms with Crippen LogP contribution in [0.3, 0.4) is 0 Å². The molecule has 0 N–H and O–H groups in total. The van der Waals surface area contributed by atoms with Crippen LogP contribution >= 0.6 is 23.2 Å². The Hall–Kier alpha value is -1.13. The van der Waals surface area contributed by atoms with Crippen LogP contribution in [-0.2, 0) is 13.1 Å². The molecule has 3 rings (SSSR count). The topological polar surface area (TPSA) is 19.4 Å². The Balaban J connectivity index is 1.57. The lowest BCUT2D eigenvalue weighted by molar-refractivity contribution is 0.245. The predicted molar refractivity (Wildman–Crippen MR) is 95.9 cm³/mol. The molecule has 1 fully saturated rings. The van der Waals surface area contributed by atoms with E-state index in [4.69, 9.17) is 23.2 Å². The minimum Gasteiger partial charge on any atom is -0.298 e. The third kappa shape index (κ3) is 4.67. The summed E-state index contributed by atoms with van der Waals surface area (Å²) < 4.78 is 0. The summed E-state index contributed by atoms with van der Waals surface area (Å²) in [6.45, 7) is 6.06. The Labute approximate surface area is 147 Å². The molecule has 1 saturated heterocycles. The normalized spacial score (nSPS) is 17.1. The quantitative estimate of drug-likeness (QED) is 0.828. The molecule has 0 amide bonds. The van der Waals surface area contributed by atoms with Crippen LogP contribution in [0.1, 0.15) is 17.7 Å². The largest absolute Gasteiger partial charge is 0.298 e. The molecular formula is C18H21Cl2N3. The number of benzene rings is 1. The average molecular weight is 350 g/mol. The minimum atomic E-state index is 0.635. The van der Waals surface area contributed by atoms with E-state index in [0.29, 0.717) is 10.0 Å². The molecular weight excluding hydrogens is 329 g/mol. The van der Waals surface area contributed by atoms with Crippen molar-refractivity contribution in [1.82, 2.24) is 14.8 Å². The molecule has 1 aromatic carbocycles. The fourth-order valence-corrected chi connectivity index (χ4v) is 3.35. The second-order valence-electron chi connectivity index (χ2n) is 5.94. The number of hydrogen-bond donors (Lipinski definition) is 0. The van der Waals surface area contributed by atoms with E-state index in [0.717, 1.165) is 56.9 Å². The van der Waals surface area contributed by atoms with E-state index in [-0.39, 0.29) is 0 Å². The van der Waals surface area contributed by atoms with Crippen molar-refractivity contribution in [3.63, 3.8) is 0 Å². The number of halogens is 2. The Morgan fingerprint density at radius 1 is 0.870 bits per heavy atom. The zero-order chi connectivity index (χ0) is 16.1. The third-order valence-corrected chi connectivity index (χ3v) is 5.08. The van der Waals surface area contributed by atoms with Crippen molar-refractivity contribution in [3.05, 3.63) is 63.9 Å². The summed E-state index contributed by atoms with van der Waals surface area (Å²) >= 11 is 12.4. The van der Waals surface area contributed by atoms with Gasteiger partial charge in [-0.1, -0.05) is 41.4 Å². The summed E-state index contributed by atoms with van der Waals surface area (Å²) in [7, 11) is 0. The van der Waals surface area contributed by atoms with Crippen molar-refractivity contribution in [2.45, 2.75) is 19.5 Å². The molecule has 5 heteroatoms. The van der Waals surface area contributed by atoms with E-state index in [2.05, 4.69) is 26.9 Å². The SMILES string of the molecule is Clc1cccc(CN2CCCN(Cc3ccccn3)CC2)c1Cl. The lowest BCUT2D eigenvalue weighted by Gasteiger charge is -2.22. The lowest BCUT2D eigenvalue weighted by atomic mass is 10.2. The van der Waals surface area contributed by atoms with Crippen molar-refractivity contribution in [2.24, 2.45) is 0 Å². The van der Waals surface area contributed by atoms with Crippen molar-refractivity contribution in [1.29, 1.82) is 0 Å². The summed E-state index contributed by atoms with van der Waals surface area (Å²) in [6, 6.07) is 12.0. The Bertz CT molecular complexity index is 633. The molecule has 0 radical (unpaired) electrons. The highest BCUT2D eigenvalue weighted by atomic mass is 35.5. The molecule has 1 aliphatic rings. The number of aromatic nitrogens is 1. The van der Waals surface area contributed by atoms with Gasteiger partial charge in [0.05, 0.1) is 15.7 Å². The standard InChI is InChI=1S/C18H21Cl2N3/c19-17-7-3-5-15(18(17)20)13-22-9-4-10-23(12-11-22)14-16-6-1-2-8-21-16/h1-3,5-8H,4,9-14H2. The molecule has 1 aromatic heterocycles. The van der Waals surface area contributed by atoms with Gasteiger partial charge in [-0.3, -0.25) is 14.8 Å². The van der Waals surface area contributed by atoms with Gasteiger partial charge in [0, 0.05) is 32.4 Å². The molecule has 2 heterocycles. The zero-order valence-electron chi connectivity index (χ0n) is 13.1. The molecule has 1 aliphatic heterocycles. The van der Waals surface area contributed by atoms with Gasteiger partial charge in [0.1, 0.15) is 0 Å². The summed E-state index contributed by atoms with van der Waals surface area (Å²) in [5, 5.41) is 1.32. The predicted octanol–water partition coefficient (Wildman–Crippen LogP) is 4.10. The fourth-order valence-electron chi connectivity index (χ4n) is 2.97. The van der Waals surface area contributed by atoms with Gasteiger partial charge in [0.25, 0.3) is 0 Å². The fraction of sp³-hybridized carbons (Fsp3) is 0.389. The summed E-state index contributed by atoms with van der Waals surface area (Å²) in [4.78, 5) is 9.35. The van der Waals surface area contributed by atoms with Gasteiger partial charge in [-0.2, -0.15) is 0 Å². The molecule has 0 atom stereocenters. The molecule has 0 unspecified atom stereocenters. The van der Waals surface area contributed by atoms with Crippen molar-refractivity contribution in [3.8, 4) is 0 Å². The van der Waals surface area contributed by atoms with Crippen LogP contribution in [0.4, 0.5) is 0 Å². The van der Waals surface area contributed by atoms with Gasteiger partial charge in [-0.15, -0.1) is 0 Å². The summed E-state index contributed by atoms with van der Waals surface area (Å²) in [5.41, 5.74) is 2.25. The first-order chi connectivity index (χ1) is 11.2. The second-order valence-corrected chi connectivity index (χ2v) is 6.73. The number of rotatable bonds is 4. The first-order valence-corrected chi connectivity index (χ1v) is 8.75. The Kier molecular flexibility index (Phi) is 5.90. The molecule has 3 nitrogen and oxygen atoms in total. The number of hydrogen-bond acceptors (Lipinski definition) is 3. The summed E-state index contributed by atoms with van der Waals surface area (Å²) in [5.74, 6) is 0. The van der Waals surface area contributed by atoms with Gasteiger partial charge < -0.3 is 0 Å². The highest BCUT2D eigenvalue weighted by Crippen LogP contribution is 2.26. The highest BCUT2D eigenvalue weighted by Gasteiger charge is 2.16. The van der Waals surface area contributed by atoms with Crippen LogP contribution in [-0.4, -0.2) is 41.0 Å². The molecule has 23 heavy (non-hydrogen) atoms. The van der Waals surface area contributed by atoms with Gasteiger partial charge in [0.15, 0.2) is 0 Å². The molecule has 0 saturated carbocycles. The van der Waals surface area contributed by atoms with E-state index in [1.165, 1.54) is 0 Å². The molecule has 0 bridgehead atoms. The smallest absolute Gasteiger partial charge is 0.0637 e. The first-order valence-electron chi connectivity index (χ1n) is 8.00. The van der Waals surface area contributed by atoms with Gasteiger partial charge >= 0.3 is 0 Å². The van der Waals surface area contributed by atoms with E-state index >= 15 is 0 Å². The van der Waals surface area contributed by atoms with E-state index < -0.39 is 0 Å². The highest BCUT2D eigenvalue weighted by molar-refractivity contribution is 6.42. The molecule has 0 aliphatic carbocycles. The average Bonchev–Trinajstić information content (AvgIpc) is 2.78. The lowest BCUT2D eigenvalue weighted by Crippen LogP contribution is -2.30. The monoisotopic (exact) mass is 349 g/mol. The Morgan fingerprint density at radius 2 is 1.65 bits per heavy atom. The minimum absolute atomic E-state index is 0.635. The molecule has 122 valence electrons. The van der Waals surface area contributed by atoms with Crippen molar-refractivity contribution < 1.29 is 0 Å². The van der Waals surface area contributed by atoms with Crippen LogP contribution in [0.2, 0.25) is 10.0 Å². The van der Waals surface area contributed by atoms with Crippen molar-refractivity contribution >= 4 is 23.2 Å². The van der Waals surface area contributed by atoms with Crippen LogP contribution in [0.15, 0.2) is 42.6 Å². The number of pyridine rings is 1. The second kappa shape index (κ2) is 8.11. The number of nitrogens with zero attached hydrogens (tertiary/aromatic N) is 3. The van der Waals surface area contributed by atoms with E-state index in [9.17, 15) is 0 Å². The van der Waals surface area contributed by atoms with Gasteiger partial charge in [0.2, 0.25) is 0 Å². The van der Waals surface area contributed by atoms with Crippen LogP contribution < -0.4 is 0 Å². The van der Waals surface area contributed by atoms with Gasteiger partial charge in [-0.05, 0) is 43.3 Å². The first kappa shape index (κ1) is 16.7. The maximum atomic E-state index is 6.31. The van der Waals surface area contributed by atoms with Gasteiger partial charge in [-0.25, -0.2) is 0 Å². The van der Waals surface area contributed by atoms with Crippen molar-refractivity contribution in [2.75, 3.05) is 26.2 Å². The van der Waals surface area contributed by atoms with Crippen LogP contribution in [0.5, 0.6) is 0 Å². The van der Waals surface area contributed by atoms with Crippen LogP contribution in [0.25, 0.3) is 0 Å². The maximum absolute atomic E-state index is 6.31.